The molecule has 2 aromatic heterocycles. The van der Waals surface area contributed by atoms with Gasteiger partial charge in [-0.15, -0.1) is 0 Å². The Morgan fingerprint density at radius 1 is 1.12 bits per heavy atom. The van der Waals surface area contributed by atoms with Crippen molar-refractivity contribution in [3.63, 3.8) is 0 Å². The van der Waals surface area contributed by atoms with Crippen molar-refractivity contribution in [2.75, 3.05) is 18.0 Å². The minimum Gasteiger partial charge on any atom is -0.357 e. The van der Waals surface area contributed by atoms with Crippen molar-refractivity contribution < 1.29 is 4.79 Å². The van der Waals surface area contributed by atoms with Crippen LogP contribution in [-0.2, 0) is 17.9 Å². The van der Waals surface area contributed by atoms with Crippen LogP contribution in [0.1, 0.15) is 24.8 Å². The quantitative estimate of drug-likeness (QED) is 0.743. The van der Waals surface area contributed by atoms with Gasteiger partial charge in [-0.25, -0.2) is 4.98 Å². The van der Waals surface area contributed by atoms with Crippen molar-refractivity contribution >= 4 is 22.6 Å². The van der Waals surface area contributed by atoms with Gasteiger partial charge in [-0.3, -0.25) is 4.79 Å². The summed E-state index contributed by atoms with van der Waals surface area (Å²) in [6, 6.07) is 14.4. The van der Waals surface area contributed by atoms with Gasteiger partial charge in [0.25, 0.3) is 0 Å². The van der Waals surface area contributed by atoms with Crippen LogP contribution in [0, 0.1) is 0 Å². The summed E-state index contributed by atoms with van der Waals surface area (Å²) >= 11 is 0. The highest BCUT2D eigenvalue weighted by Crippen LogP contribution is 2.18. The van der Waals surface area contributed by atoms with E-state index >= 15 is 0 Å². The summed E-state index contributed by atoms with van der Waals surface area (Å²) in [6.45, 7) is 3.39. The first-order valence-corrected chi connectivity index (χ1v) is 9.30. The normalized spacial score (nSPS) is 14.1. The highest BCUT2D eigenvalue weighted by Gasteiger charge is 2.13. The number of aromatic nitrogens is 2. The number of aryl methyl sites for hydroxylation is 1. The molecule has 1 fully saturated rings. The summed E-state index contributed by atoms with van der Waals surface area (Å²) in [6.07, 6.45) is 6.82. The number of amides is 1. The van der Waals surface area contributed by atoms with Crippen molar-refractivity contribution in [1.29, 1.82) is 0 Å². The molecule has 1 aromatic carbocycles. The molecule has 0 unspecified atom stereocenters. The molecule has 1 saturated heterocycles. The van der Waals surface area contributed by atoms with Gasteiger partial charge in [0, 0.05) is 50.5 Å². The summed E-state index contributed by atoms with van der Waals surface area (Å²) in [5, 5.41) is 4.24. The molecule has 5 heteroatoms. The fourth-order valence-electron chi connectivity index (χ4n) is 3.54. The number of fused-ring (bicyclic) bond motifs is 1. The molecule has 0 atom stereocenters. The number of nitrogens with one attached hydrogen (secondary N) is 1. The van der Waals surface area contributed by atoms with E-state index in [1.54, 1.807) is 0 Å². The van der Waals surface area contributed by atoms with Crippen molar-refractivity contribution in [2.45, 2.75) is 32.4 Å². The number of hydrogen-bond acceptors (Lipinski definition) is 3. The maximum atomic E-state index is 12.2. The van der Waals surface area contributed by atoms with Crippen LogP contribution >= 0.6 is 0 Å². The first kappa shape index (κ1) is 16.6. The van der Waals surface area contributed by atoms with Crippen molar-refractivity contribution in [1.82, 2.24) is 14.9 Å². The fourth-order valence-corrected chi connectivity index (χ4v) is 3.54. The molecule has 0 radical (unpaired) electrons. The molecule has 1 amide bonds. The number of hydrogen-bond donors (Lipinski definition) is 1. The fraction of sp³-hybridized carbons (Fsp3) is 0.333. The maximum Gasteiger partial charge on any atom is 0.222 e. The zero-order chi connectivity index (χ0) is 17.8. The largest absolute Gasteiger partial charge is 0.357 e. The second-order valence-electron chi connectivity index (χ2n) is 6.81. The van der Waals surface area contributed by atoms with Gasteiger partial charge in [-0.05, 0) is 48.1 Å². The number of carbonyl (C=O) groups is 1. The van der Waals surface area contributed by atoms with E-state index in [4.69, 9.17) is 0 Å². The molecule has 4 rings (SSSR count). The van der Waals surface area contributed by atoms with Gasteiger partial charge in [0.1, 0.15) is 5.82 Å². The van der Waals surface area contributed by atoms with Gasteiger partial charge < -0.3 is 14.8 Å². The second kappa shape index (κ2) is 7.60. The minimum atomic E-state index is 0.0716. The Bertz CT molecular complexity index is 896. The summed E-state index contributed by atoms with van der Waals surface area (Å²) in [5.41, 5.74) is 2.27. The van der Waals surface area contributed by atoms with Crippen molar-refractivity contribution in [2.24, 2.45) is 0 Å². The van der Waals surface area contributed by atoms with Crippen LogP contribution in [0.5, 0.6) is 0 Å². The first-order chi connectivity index (χ1) is 12.8. The lowest BCUT2D eigenvalue weighted by atomic mass is 10.2. The monoisotopic (exact) mass is 348 g/mol. The van der Waals surface area contributed by atoms with E-state index in [9.17, 15) is 4.79 Å². The van der Waals surface area contributed by atoms with E-state index < -0.39 is 0 Å². The molecule has 0 bridgehead atoms. The predicted molar refractivity (Wildman–Crippen MR) is 104 cm³/mol. The highest BCUT2D eigenvalue weighted by atomic mass is 16.1. The summed E-state index contributed by atoms with van der Waals surface area (Å²) in [7, 11) is 0. The maximum absolute atomic E-state index is 12.2. The van der Waals surface area contributed by atoms with E-state index in [1.165, 1.54) is 23.7 Å². The average molecular weight is 348 g/mol. The molecule has 0 aliphatic carbocycles. The minimum absolute atomic E-state index is 0.0716. The molecular formula is C21H24N4O. The third kappa shape index (κ3) is 3.72. The van der Waals surface area contributed by atoms with Crippen LogP contribution in [-0.4, -0.2) is 28.5 Å². The van der Waals surface area contributed by atoms with Gasteiger partial charge in [-0.1, -0.05) is 18.2 Å². The third-order valence-corrected chi connectivity index (χ3v) is 4.99. The third-order valence-electron chi connectivity index (χ3n) is 4.99. The Kier molecular flexibility index (Phi) is 4.86. The van der Waals surface area contributed by atoms with Crippen LogP contribution in [0.15, 0.2) is 54.9 Å². The first-order valence-electron chi connectivity index (χ1n) is 9.30. The van der Waals surface area contributed by atoms with E-state index in [1.807, 2.05) is 30.6 Å². The van der Waals surface area contributed by atoms with Gasteiger partial charge in [-0.2, -0.15) is 0 Å². The Morgan fingerprint density at radius 3 is 2.85 bits per heavy atom. The van der Waals surface area contributed by atoms with Crippen LogP contribution in [0.25, 0.3) is 10.9 Å². The standard InChI is InChI=1S/C21H24N4O/c26-21(9-14-24-13-8-18-5-1-2-6-19(18)24)23-16-17-7-10-22-20(15-17)25-11-3-4-12-25/h1-2,5-8,10,13,15H,3-4,9,11-12,14,16H2,(H,23,26). The lowest BCUT2D eigenvalue weighted by Crippen LogP contribution is -2.24. The second-order valence-corrected chi connectivity index (χ2v) is 6.81. The number of pyridine rings is 1. The van der Waals surface area contributed by atoms with Crippen LogP contribution < -0.4 is 10.2 Å². The van der Waals surface area contributed by atoms with Gasteiger partial charge in [0.2, 0.25) is 5.91 Å². The SMILES string of the molecule is O=C(CCn1ccc2ccccc21)NCc1ccnc(N2CCCC2)c1. The molecule has 3 heterocycles. The Balaban J connectivity index is 1.30. The number of anilines is 1. The van der Waals surface area contributed by atoms with Crippen LogP contribution in [0.4, 0.5) is 5.82 Å². The molecule has 26 heavy (non-hydrogen) atoms. The Morgan fingerprint density at radius 2 is 1.96 bits per heavy atom. The Hall–Kier alpha value is -2.82. The van der Waals surface area contributed by atoms with Crippen LogP contribution in [0.3, 0.4) is 0 Å². The van der Waals surface area contributed by atoms with Crippen molar-refractivity contribution in [3.8, 4) is 0 Å². The van der Waals surface area contributed by atoms with E-state index in [0.29, 0.717) is 19.5 Å². The van der Waals surface area contributed by atoms with E-state index in [-0.39, 0.29) is 5.91 Å². The number of nitrogens with zero attached hydrogens (tertiary/aromatic N) is 3. The molecule has 5 nitrogen and oxygen atoms in total. The molecule has 1 aliphatic rings. The summed E-state index contributed by atoms with van der Waals surface area (Å²) in [4.78, 5) is 19.0. The van der Waals surface area contributed by atoms with Crippen LogP contribution in [0.2, 0.25) is 0 Å². The molecule has 134 valence electrons. The zero-order valence-electron chi connectivity index (χ0n) is 14.9. The predicted octanol–water partition coefficient (Wildman–Crippen LogP) is 3.34. The number of benzene rings is 1. The lowest BCUT2D eigenvalue weighted by molar-refractivity contribution is -0.121. The van der Waals surface area contributed by atoms with E-state index in [0.717, 1.165) is 24.5 Å². The van der Waals surface area contributed by atoms with Gasteiger partial charge >= 0.3 is 0 Å². The molecule has 3 aromatic rings. The molecule has 1 N–H and O–H groups in total. The number of carbonyl (C=O) groups excluding carboxylic acids is 1. The van der Waals surface area contributed by atoms with E-state index in [2.05, 4.69) is 44.0 Å². The smallest absolute Gasteiger partial charge is 0.222 e. The number of rotatable bonds is 6. The number of para-hydroxylation sites is 1. The lowest BCUT2D eigenvalue weighted by Gasteiger charge is -2.17. The zero-order valence-corrected chi connectivity index (χ0v) is 14.9. The molecular weight excluding hydrogens is 324 g/mol. The summed E-state index contributed by atoms with van der Waals surface area (Å²) in [5.74, 6) is 1.09. The topological polar surface area (TPSA) is 50.2 Å². The van der Waals surface area contributed by atoms with Gasteiger partial charge in [0.15, 0.2) is 0 Å². The highest BCUT2D eigenvalue weighted by molar-refractivity contribution is 5.80. The molecule has 0 saturated carbocycles. The average Bonchev–Trinajstić information content (AvgIpc) is 3.35. The molecule has 1 aliphatic heterocycles. The van der Waals surface area contributed by atoms with Crippen molar-refractivity contribution in [3.05, 3.63) is 60.4 Å². The van der Waals surface area contributed by atoms with Gasteiger partial charge in [0.05, 0.1) is 0 Å². The Labute approximate surface area is 153 Å². The summed E-state index contributed by atoms with van der Waals surface area (Å²) < 4.78 is 2.13. The molecule has 0 spiro atoms.